The fourth-order valence-corrected chi connectivity index (χ4v) is 2.18. The summed E-state index contributed by atoms with van der Waals surface area (Å²) in [5.41, 5.74) is 0.957. The predicted octanol–water partition coefficient (Wildman–Crippen LogP) is 2.60. The van der Waals surface area contributed by atoms with Crippen LogP contribution in [0.25, 0.3) is 0 Å². The molecule has 1 atom stereocenters. The zero-order valence-electron chi connectivity index (χ0n) is 13.3. The van der Waals surface area contributed by atoms with Crippen molar-refractivity contribution in [3.63, 3.8) is 0 Å². The summed E-state index contributed by atoms with van der Waals surface area (Å²) in [6.45, 7) is 5.46. The van der Waals surface area contributed by atoms with Crippen molar-refractivity contribution in [1.82, 2.24) is 15.3 Å². The van der Waals surface area contributed by atoms with Crippen molar-refractivity contribution < 1.29 is 9.90 Å². The number of nitrogens with one attached hydrogen (secondary N) is 2. The SMILES string of the molecule is C[C@H](NC(=O)c1cccc(CCC(C)(C)O)c1)c1ncc[nH]1. The van der Waals surface area contributed by atoms with Crippen molar-refractivity contribution in [2.24, 2.45) is 0 Å². The van der Waals surface area contributed by atoms with Crippen LogP contribution in [0.3, 0.4) is 0 Å². The maximum Gasteiger partial charge on any atom is 0.251 e. The highest BCUT2D eigenvalue weighted by molar-refractivity contribution is 5.94. The van der Waals surface area contributed by atoms with Crippen LogP contribution >= 0.6 is 0 Å². The molecule has 3 N–H and O–H groups in total. The maximum absolute atomic E-state index is 12.3. The molecular weight excluding hydrogens is 278 g/mol. The molecule has 1 amide bonds. The molecule has 0 radical (unpaired) electrons. The van der Waals surface area contributed by atoms with Gasteiger partial charge in [0.05, 0.1) is 11.6 Å². The number of carbonyl (C=O) groups excluding carboxylic acids is 1. The number of H-pyrrole nitrogens is 1. The third kappa shape index (κ3) is 4.70. The van der Waals surface area contributed by atoms with Crippen molar-refractivity contribution in [1.29, 1.82) is 0 Å². The van der Waals surface area contributed by atoms with Gasteiger partial charge in [-0.1, -0.05) is 12.1 Å². The van der Waals surface area contributed by atoms with Crippen LogP contribution in [0.1, 0.15) is 55.0 Å². The van der Waals surface area contributed by atoms with E-state index in [-0.39, 0.29) is 11.9 Å². The van der Waals surface area contributed by atoms with Crippen molar-refractivity contribution in [2.75, 3.05) is 0 Å². The highest BCUT2D eigenvalue weighted by atomic mass is 16.3. The Morgan fingerprint density at radius 1 is 1.45 bits per heavy atom. The second kappa shape index (κ2) is 6.75. The van der Waals surface area contributed by atoms with E-state index in [2.05, 4.69) is 15.3 Å². The molecule has 118 valence electrons. The van der Waals surface area contributed by atoms with E-state index in [0.29, 0.717) is 12.0 Å². The van der Waals surface area contributed by atoms with Gasteiger partial charge in [-0.05, 0) is 51.3 Å². The number of nitrogens with zero attached hydrogens (tertiary/aromatic N) is 1. The Hall–Kier alpha value is -2.14. The van der Waals surface area contributed by atoms with E-state index in [1.165, 1.54) is 0 Å². The maximum atomic E-state index is 12.3. The predicted molar refractivity (Wildman–Crippen MR) is 85.5 cm³/mol. The highest BCUT2D eigenvalue weighted by Gasteiger charge is 2.15. The zero-order chi connectivity index (χ0) is 16.2. The van der Waals surface area contributed by atoms with Gasteiger partial charge in [-0.15, -0.1) is 0 Å². The largest absolute Gasteiger partial charge is 0.390 e. The average molecular weight is 301 g/mol. The van der Waals surface area contributed by atoms with Gasteiger partial charge in [0.15, 0.2) is 0 Å². The monoisotopic (exact) mass is 301 g/mol. The van der Waals surface area contributed by atoms with Crippen LogP contribution in [-0.4, -0.2) is 26.6 Å². The lowest BCUT2D eigenvalue weighted by molar-refractivity contribution is 0.0714. The number of amides is 1. The Morgan fingerprint density at radius 3 is 2.86 bits per heavy atom. The van der Waals surface area contributed by atoms with Crippen molar-refractivity contribution in [3.05, 3.63) is 53.6 Å². The molecule has 0 aliphatic heterocycles. The molecule has 0 saturated heterocycles. The third-order valence-corrected chi connectivity index (χ3v) is 3.49. The minimum Gasteiger partial charge on any atom is -0.390 e. The van der Waals surface area contributed by atoms with Gasteiger partial charge < -0.3 is 15.4 Å². The van der Waals surface area contributed by atoms with Crippen molar-refractivity contribution >= 4 is 5.91 Å². The highest BCUT2D eigenvalue weighted by Crippen LogP contribution is 2.15. The molecule has 1 heterocycles. The van der Waals surface area contributed by atoms with Crippen LogP contribution in [0.4, 0.5) is 0 Å². The molecule has 5 nitrogen and oxygen atoms in total. The number of hydrogen-bond acceptors (Lipinski definition) is 3. The Kier molecular flexibility index (Phi) is 4.98. The van der Waals surface area contributed by atoms with E-state index in [4.69, 9.17) is 0 Å². The van der Waals surface area contributed by atoms with Crippen LogP contribution in [0.5, 0.6) is 0 Å². The Labute approximate surface area is 130 Å². The fourth-order valence-electron chi connectivity index (χ4n) is 2.18. The van der Waals surface area contributed by atoms with E-state index in [0.717, 1.165) is 17.8 Å². The van der Waals surface area contributed by atoms with Gasteiger partial charge in [-0.3, -0.25) is 4.79 Å². The van der Waals surface area contributed by atoms with Gasteiger partial charge in [-0.2, -0.15) is 0 Å². The molecular formula is C17H23N3O2. The van der Waals surface area contributed by atoms with Crippen LogP contribution in [0, 0.1) is 0 Å². The smallest absolute Gasteiger partial charge is 0.251 e. The molecule has 2 rings (SSSR count). The summed E-state index contributed by atoms with van der Waals surface area (Å²) in [4.78, 5) is 19.4. The molecule has 0 aliphatic carbocycles. The first-order valence-corrected chi connectivity index (χ1v) is 7.46. The number of aromatic nitrogens is 2. The molecule has 22 heavy (non-hydrogen) atoms. The Bertz CT molecular complexity index is 615. The van der Waals surface area contributed by atoms with E-state index in [1.807, 2.05) is 25.1 Å². The quantitative estimate of drug-likeness (QED) is 0.767. The van der Waals surface area contributed by atoms with Crippen molar-refractivity contribution in [2.45, 2.75) is 45.3 Å². The first kappa shape index (κ1) is 16.2. The minimum absolute atomic E-state index is 0.131. The summed E-state index contributed by atoms with van der Waals surface area (Å²) >= 11 is 0. The summed E-state index contributed by atoms with van der Waals surface area (Å²) in [6, 6.07) is 7.32. The standard InChI is InChI=1S/C17H23N3O2/c1-12(15-18-9-10-19-15)20-16(21)14-6-4-5-13(11-14)7-8-17(2,3)22/h4-6,9-12,22H,7-8H2,1-3H3,(H,18,19)(H,20,21)/t12-/m0/s1. The van der Waals surface area contributed by atoms with Gasteiger partial charge in [0.25, 0.3) is 5.91 Å². The second-order valence-electron chi connectivity index (χ2n) is 6.18. The second-order valence-corrected chi connectivity index (χ2v) is 6.18. The number of carbonyl (C=O) groups is 1. The number of imidazole rings is 1. The first-order valence-electron chi connectivity index (χ1n) is 7.46. The summed E-state index contributed by atoms with van der Waals surface area (Å²) in [7, 11) is 0. The Morgan fingerprint density at radius 2 is 2.23 bits per heavy atom. The fraction of sp³-hybridized carbons (Fsp3) is 0.412. The molecule has 5 heteroatoms. The lowest BCUT2D eigenvalue weighted by atomic mass is 9.98. The van der Waals surface area contributed by atoms with Crippen molar-refractivity contribution in [3.8, 4) is 0 Å². The third-order valence-electron chi connectivity index (χ3n) is 3.49. The van der Waals surface area contributed by atoms with Gasteiger partial charge >= 0.3 is 0 Å². The van der Waals surface area contributed by atoms with Crippen LogP contribution in [0.15, 0.2) is 36.7 Å². The van der Waals surface area contributed by atoms with E-state index in [1.54, 1.807) is 32.3 Å². The van der Waals surface area contributed by atoms with Crippen LogP contribution in [-0.2, 0) is 6.42 Å². The van der Waals surface area contributed by atoms with Gasteiger partial charge in [0, 0.05) is 18.0 Å². The molecule has 1 aromatic carbocycles. The molecule has 0 unspecified atom stereocenters. The molecule has 0 bridgehead atoms. The first-order chi connectivity index (χ1) is 10.3. The summed E-state index contributed by atoms with van der Waals surface area (Å²) in [5, 5.41) is 12.7. The molecule has 1 aromatic heterocycles. The number of aromatic amines is 1. The number of rotatable bonds is 6. The molecule has 0 saturated carbocycles. The lowest BCUT2D eigenvalue weighted by Crippen LogP contribution is -2.27. The molecule has 0 aliphatic rings. The number of aryl methyl sites for hydroxylation is 1. The summed E-state index contributed by atoms with van der Waals surface area (Å²) in [5.74, 6) is 0.598. The summed E-state index contributed by atoms with van der Waals surface area (Å²) in [6.07, 6.45) is 4.78. The lowest BCUT2D eigenvalue weighted by Gasteiger charge is -2.17. The Balaban J connectivity index is 2.01. The summed E-state index contributed by atoms with van der Waals surface area (Å²) < 4.78 is 0. The molecule has 0 fully saturated rings. The topological polar surface area (TPSA) is 78.0 Å². The number of aliphatic hydroxyl groups is 1. The minimum atomic E-state index is -0.702. The van der Waals surface area contributed by atoms with E-state index in [9.17, 15) is 9.90 Å². The van der Waals surface area contributed by atoms with E-state index < -0.39 is 5.60 Å². The number of hydrogen-bond donors (Lipinski definition) is 3. The van der Waals surface area contributed by atoms with Gasteiger partial charge in [0.2, 0.25) is 0 Å². The molecule has 0 spiro atoms. The zero-order valence-corrected chi connectivity index (χ0v) is 13.3. The normalized spacial score (nSPS) is 12.9. The number of benzene rings is 1. The average Bonchev–Trinajstić information content (AvgIpc) is 2.99. The van der Waals surface area contributed by atoms with E-state index >= 15 is 0 Å². The van der Waals surface area contributed by atoms with Gasteiger partial charge in [0.1, 0.15) is 5.82 Å². The molecule has 2 aromatic rings. The van der Waals surface area contributed by atoms with Crippen LogP contribution in [0.2, 0.25) is 0 Å². The van der Waals surface area contributed by atoms with Crippen LogP contribution < -0.4 is 5.32 Å². The van der Waals surface area contributed by atoms with Gasteiger partial charge in [-0.25, -0.2) is 4.98 Å².